The maximum Gasteiger partial charge on any atom is 0.236 e. The first-order valence-electron chi connectivity index (χ1n) is 9.56. The third-order valence-electron chi connectivity index (χ3n) is 4.26. The first kappa shape index (κ1) is 22.0. The average molecular weight is 444 g/mol. The van der Waals surface area contributed by atoms with Crippen molar-refractivity contribution >= 4 is 34.1 Å². The van der Waals surface area contributed by atoms with Crippen LogP contribution < -0.4 is 10.1 Å². The quantitative estimate of drug-likeness (QED) is 0.362. The van der Waals surface area contributed by atoms with Crippen LogP contribution >= 0.6 is 23.1 Å². The molecule has 0 unspecified atom stereocenters. The van der Waals surface area contributed by atoms with E-state index in [0.29, 0.717) is 28.6 Å². The van der Waals surface area contributed by atoms with Gasteiger partial charge in [0.1, 0.15) is 12.4 Å². The standard InChI is InChI=1S/C21H25N5O2S2/c1-5-9-26-18(12-28-17-11-15(4)6-7-16(17)14(2)3)24-25-21(26)30-13-19(27)23-20-22-8-10-29-20/h5-8,10-11,14H,1,9,12-13H2,2-4H3,(H,22,23,27). The van der Waals surface area contributed by atoms with E-state index < -0.39 is 0 Å². The molecule has 0 aliphatic carbocycles. The summed E-state index contributed by atoms with van der Waals surface area (Å²) in [6.45, 7) is 11.0. The molecule has 0 saturated carbocycles. The number of thiazole rings is 1. The van der Waals surface area contributed by atoms with Crippen molar-refractivity contribution in [1.82, 2.24) is 19.7 Å². The van der Waals surface area contributed by atoms with Crippen LogP contribution in [0.15, 0.2) is 47.6 Å². The fourth-order valence-corrected chi connectivity index (χ4v) is 4.11. The molecular formula is C21H25N5O2S2. The van der Waals surface area contributed by atoms with E-state index in [9.17, 15) is 4.79 Å². The lowest BCUT2D eigenvalue weighted by atomic mass is 10.0. The summed E-state index contributed by atoms with van der Waals surface area (Å²) in [7, 11) is 0. The number of hydrogen-bond donors (Lipinski definition) is 1. The first-order chi connectivity index (χ1) is 14.5. The molecule has 3 aromatic rings. The third kappa shape index (κ3) is 5.70. The Kier molecular flexibility index (Phi) is 7.64. The second-order valence-corrected chi connectivity index (χ2v) is 8.79. The molecule has 2 heterocycles. The van der Waals surface area contributed by atoms with E-state index >= 15 is 0 Å². The van der Waals surface area contributed by atoms with Gasteiger partial charge < -0.3 is 10.1 Å². The Morgan fingerprint density at radius 3 is 2.93 bits per heavy atom. The minimum atomic E-state index is -0.137. The van der Waals surface area contributed by atoms with Crippen molar-refractivity contribution in [2.24, 2.45) is 0 Å². The van der Waals surface area contributed by atoms with Gasteiger partial charge in [-0.15, -0.1) is 28.1 Å². The zero-order valence-corrected chi connectivity index (χ0v) is 18.9. The summed E-state index contributed by atoms with van der Waals surface area (Å²) < 4.78 is 8.02. The number of carbonyl (C=O) groups excluding carboxylic acids is 1. The van der Waals surface area contributed by atoms with Gasteiger partial charge in [0.25, 0.3) is 0 Å². The molecule has 0 fully saturated rings. The Morgan fingerprint density at radius 2 is 2.23 bits per heavy atom. The summed E-state index contributed by atoms with van der Waals surface area (Å²) in [6, 6.07) is 6.24. The summed E-state index contributed by atoms with van der Waals surface area (Å²) in [5.74, 6) is 1.98. The number of benzene rings is 1. The zero-order chi connectivity index (χ0) is 21.5. The average Bonchev–Trinajstić information content (AvgIpc) is 3.35. The number of carbonyl (C=O) groups is 1. The highest BCUT2D eigenvalue weighted by molar-refractivity contribution is 7.99. The summed E-state index contributed by atoms with van der Waals surface area (Å²) in [4.78, 5) is 16.2. The lowest BCUT2D eigenvalue weighted by Gasteiger charge is -2.15. The minimum absolute atomic E-state index is 0.137. The van der Waals surface area contributed by atoms with Gasteiger partial charge in [0.15, 0.2) is 16.1 Å². The van der Waals surface area contributed by atoms with Gasteiger partial charge in [-0.3, -0.25) is 9.36 Å². The Hall–Kier alpha value is -2.65. The monoisotopic (exact) mass is 443 g/mol. The van der Waals surface area contributed by atoms with Crippen molar-refractivity contribution in [2.75, 3.05) is 11.1 Å². The molecule has 2 aromatic heterocycles. The molecule has 0 aliphatic heterocycles. The smallest absolute Gasteiger partial charge is 0.236 e. The number of anilines is 1. The largest absolute Gasteiger partial charge is 0.485 e. The topological polar surface area (TPSA) is 81.9 Å². The summed E-state index contributed by atoms with van der Waals surface area (Å²) >= 11 is 2.70. The van der Waals surface area contributed by atoms with Gasteiger partial charge in [-0.1, -0.05) is 43.8 Å². The molecule has 0 spiro atoms. The van der Waals surface area contributed by atoms with Gasteiger partial charge in [0, 0.05) is 18.1 Å². The normalized spacial score (nSPS) is 10.9. The van der Waals surface area contributed by atoms with Crippen molar-refractivity contribution in [3.63, 3.8) is 0 Å². The number of ether oxygens (including phenoxy) is 1. The highest BCUT2D eigenvalue weighted by Crippen LogP contribution is 2.28. The Bertz CT molecular complexity index is 999. The summed E-state index contributed by atoms with van der Waals surface area (Å²) in [6.07, 6.45) is 3.43. The highest BCUT2D eigenvalue weighted by atomic mass is 32.2. The molecule has 30 heavy (non-hydrogen) atoms. The van der Waals surface area contributed by atoms with E-state index in [1.54, 1.807) is 12.3 Å². The predicted octanol–water partition coefficient (Wildman–Crippen LogP) is 4.66. The summed E-state index contributed by atoms with van der Waals surface area (Å²) in [5, 5.41) is 14.3. The van der Waals surface area contributed by atoms with Gasteiger partial charge in [-0.25, -0.2) is 4.98 Å². The molecule has 1 N–H and O–H groups in total. The number of aromatic nitrogens is 4. The number of nitrogens with zero attached hydrogens (tertiary/aromatic N) is 4. The number of aryl methyl sites for hydroxylation is 1. The van der Waals surface area contributed by atoms with Gasteiger partial charge in [0.05, 0.1) is 5.75 Å². The van der Waals surface area contributed by atoms with Crippen LogP contribution in [0, 0.1) is 6.92 Å². The molecule has 3 rings (SSSR count). The fourth-order valence-electron chi connectivity index (χ4n) is 2.80. The number of hydrogen-bond acceptors (Lipinski definition) is 7. The number of rotatable bonds is 10. The van der Waals surface area contributed by atoms with E-state index in [2.05, 4.69) is 53.1 Å². The van der Waals surface area contributed by atoms with Crippen LogP contribution in [-0.4, -0.2) is 31.4 Å². The number of allylic oxidation sites excluding steroid dienone is 1. The van der Waals surface area contributed by atoms with E-state index in [-0.39, 0.29) is 18.3 Å². The van der Waals surface area contributed by atoms with Gasteiger partial charge >= 0.3 is 0 Å². The summed E-state index contributed by atoms with van der Waals surface area (Å²) in [5.41, 5.74) is 2.30. The highest BCUT2D eigenvalue weighted by Gasteiger charge is 2.16. The molecule has 0 bridgehead atoms. The van der Waals surface area contributed by atoms with Crippen LogP contribution in [-0.2, 0) is 17.9 Å². The van der Waals surface area contributed by atoms with Crippen LogP contribution in [0.25, 0.3) is 0 Å². The fraction of sp³-hybridized carbons (Fsp3) is 0.333. The maximum absolute atomic E-state index is 12.1. The van der Waals surface area contributed by atoms with Crippen molar-refractivity contribution in [3.05, 3.63) is 59.4 Å². The molecule has 0 atom stereocenters. The molecule has 7 nitrogen and oxygen atoms in total. The molecular weight excluding hydrogens is 418 g/mol. The van der Waals surface area contributed by atoms with E-state index in [1.165, 1.54) is 23.1 Å². The van der Waals surface area contributed by atoms with Crippen LogP contribution in [0.3, 0.4) is 0 Å². The number of thioether (sulfide) groups is 1. The van der Waals surface area contributed by atoms with Crippen molar-refractivity contribution in [3.8, 4) is 5.75 Å². The molecule has 0 aliphatic rings. The van der Waals surface area contributed by atoms with Gasteiger partial charge in [-0.2, -0.15) is 0 Å². The van der Waals surface area contributed by atoms with E-state index in [1.807, 2.05) is 22.9 Å². The van der Waals surface area contributed by atoms with Crippen LogP contribution in [0.2, 0.25) is 0 Å². The second kappa shape index (κ2) is 10.4. The number of nitrogens with one attached hydrogen (secondary N) is 1. The molecule has 0 radical (unpaired) electrons. The van der Waals surface area contributed by atoms with Crippen LogP contribution in [0.4, 0.5) is 5.13 Å². The van der Waals surface area contributed by atoms with E-state index in [4.69, 9.17) is 4.74 Å². The molecule has 1 amide bonds. The van der Waals surface area contributed by atoms with Gasteiger partial charge in [0.2, 0.25) is 5.91 Å². The van der Waals surface area contributed by atoms with E-state index in [0.717, 1.165) is 16.9 Å². The Morgan fingerprint density at radius 1 is 1.40 bits per heavy atom. The molecule has 158 valence electrons. The van der Waals surface area contributed by atoms with Crippen molar-refractivity contribution in [2.45, 2.75) is 45.0 Å². The lowest BCUT2D eigenvalue weighted by molar-refractivity contribution is -0.113. The molecule has 9 heteroatoms. The van der Waals surface area contributed by atoms with Crippen molar-refractivity contribution in [1.29, 1.82) is 0 Å². The molecule has 0 saturated heterocycles. The van der Waals surface area contributed by atoms with Crippen LogP contribution in [0.5, 0.6) is 5.75 Å². The predicted molar refractivity (Wildman–Crippen MR) is 121 cm³/mol. The maximum atomic E-state index is 12.1. The lowest BCUT2D eigenvalue weighted by Crippen LogP contribution is -2.14. The first-order valence-corrected chi connectivity index (χ1v) is 11.4. The Balaban J connectivity index is 1.68. The van der Waals surface area contributed by atoms with Crippen molar-refractivity contribution < 1.29 is 9.53 Å². The zero-order valence-electron chi connectivity index (χ0n) is 17.3. The minimum Gasteiger partial charge on any atom is -0.485 e. The second-order valence-electron chi connectivity index (χ2n) is 6.96. The molecule has 1 aromatic carbocycles. The van der Waals surface area contributed by atoms with Crippen LogP contribution in [0.1, 0.15) is 36.7 Å². The third-order valence-corrected chi connectivity index (χ3v) is 5.92. The Labute approximate surface area is 184 Å². The number of amides is 1. The SMILES string of the molecule is C=CCn1c(COc2cc(C)ccc2C(C)C)nnc1SCC(=O)Nc1nccs1. The van der Waals surface area contributed by atoms with Gasteiger partial charge in [-0.05, 0) is 30.0 Å².